The topological polar surface area (TPSA) is 162 Å². The van der Waals surface area contributed by atoms with Gasteiger partial charge in [0.2, 0.25) is 5.13 Å². The molecule has 204 valence electrons. The van der Waals surface area contributed by atoms with Gasteiger partial charge in [0, 0.05) is 36.6 Å². The Bertz CT molecular complexity index is 1730. The number of aryl methyl sites for hydroxylation is 1. The van der Waals surface area contributed by atoms with Gasteiger partial charge in [-0.15, -0.1) is 0 Å². The number of rotatable bonds is 8. The summed E-state index contributed by atoms with van der Waals surface area (Å²) in [6.45, 7) is 0.898. The molecule has 12 nitrogen and oxygen atoms in total. The number of hydrogen-bond acceptors (Lipinski definition) is 10. The van der Waals surface area contributed by atoms with E-state index in [4.69, 9.17) is 9.15 Å². The zero-order chi connectivity index (χ0) is 27.7. The second-order valence-corrected chi connectivity index (χ2v) is 11.3. The van der Waals surface area contributed by atoms with Gasteiger partial charge in [-0.2, -0.15) is 4.37 Å². The molecule has 0 saturated heterocycles. The minimum atomic E-state index is -4.36. The Morgan fingerprint density at radius 3 is 2.87 bits per heavy atom. The van der Waals surface area contributed by atoms with Gasteiger partial charge in [-0.05, 0) is 36.0 Å². The number of ether oxygens (including phenoxy) is 1. The van der Waals surface area contributed by atoms with Crippen molar-refractivity contribution in [3.8, 4) is 0 Å². The molecule has 1 aliphatic rings. The van der Waals surface area contributed by atoms with Gasteiger partial charge in [0.15, 0.2) is 12.2 Å². The highest BCUT2D eigenvalue weighted by Gasteiger charge is 2.26. The average molecular weight is 576 g/mol. The maximum atomic E-state index is 15.1. The van der Waals surface area contributed by atoms with Crippen molar-refractivity contribution in [1.82, 2.24) is 19.2 Å². The molecule has 0 fully saturated rings. The van der Waals surface area contributed by atoms with Crippen LogP contribution < -0.4 is 15.8 Å². The third-order valence-corrected chi connectivity index (χ3v) is 8.34. The predicted octanol–water partition coefficient (Wildman–Crippen LogP) is 1.97. The van der Waals surface area contributed by atoms with Gasteiger partial charge < -0.3 is 14.5 Å². The summed E-state index contributed by atoms with van der Waals surface area (Å²) < 4.78 is 57.5. The second-order valence-electron chi connectivity index (χ2n) is 8.90. The van der Waals surface area contributed by atoms with E-state index in [1.54, 1.807) is 0 Å². The molecule has 0 aliphatic heterocycles. The van der Waals surface area contributed by atoms with Crippen LogP contribution in [0.2, 0.25) is 0 Å². The standard InChI is InChI=1S/C24H22FN5O7S2/c1-13(31)36-11-22(32)28-16-6-5-14-3-2-4-15(17(14)7-16)10-30-19-8-18(25)21(9-20(19)37-24(30)33)39(34,35)29-23-26-12-27-38-23/h2-4,8-9,12,16H,5-7,10-11H2,1H3,(H,28,32)(H,26,27,29). The van der Waals surface area contributed by atoms with E-state index in [1.165, 1.54) is 11.5 Å². The van der Waals surface area contributed by atoms with Crippen LogP contribution in [-0.4, -0.2) is 46.9 Å². The lowest BCUT2D eigenvalue weighted by atomic mass is 9.85. The summed E-state index contributed by atoms with van der Waals surface area (Å²) in [6.07, 6.45) is 3.00. The molecule has 0 spiro atoms. The molecule has 0 bridgehead atoms. The molecule has 1 aliphatic carbocycles. The summed E-state index contributed by atoms with van der Waals surface area (Å²) >= 11 is 0.785. The van der Waals surface area contributed by atoms with Crippen molar-refractivity contribution in [2.24, 2.45) is 0 Å². The molecule has 4 aromatic rings. The van der Waals surface area contributed by atoms with Crippen LogP contribution in [0.25, 0.3) is 11.1 Å². The van der Waals surface area contributed by atoms with E-state index in [2.05, 4.69) is 19.4 Å². The van der Waals surface area contributed by atoms with Crippen molar-refractivity contribution in [3.63, 3.8) is 0 Å². The molecule has 0 radical (unpaired) electrons. The molecule has 2 heterocycles. The fourth-order valence-electron chi connectivity index (χ4n) is 4.55. The number of amides is 1. The summed E-state index contributed by atoms with van der Waals surface area (Å²) in [5.74, 6) is -2.81. The van der Waals surface area contributed by atoms with Crippen LogP contribution in [0.5, 0.6) is 0 Å². The molecule has 1 atom stereocenters. The van der Waals surface area contributed by atoms with Crippen molar-refractivity contribution >= 4 is 49.7 Å². The van der Waals surface area contributed by atoms with E-state index in [1.807, 2.05) is 18.2 Å². The zero-order valence-electron chi connectivity index (χ0n) is 20.5. The number of benzene rings is 2. The highest BCUT2D eigenvalue weighted by atomic mass is 32.2. The first kappa shape index (κ1) is 26.5. The Labute approximate surface area is 225 Å². The molecule has 5 rings (SSSR count). The van der Waals surface area contributed by atoms with Crippen LogP contribution in [0.1, 0.15) is 30.0 Å². The molecular weight excluding hydrogens is 553 g/mol. The highest BCUT2D eigenvalue weighted by molar-refractivity contribution is 7.93. The quantitative estimate of drug-likeness (QED) is 0.299. The number of oxazole rings is 1. The Morgan fingerprint density at radius 1 is 1.31 bits per heavy atom. The van der Waals surface area contributed by atoms with E-state index < -0.39 is 38.4 Å². The number of esters is 1. The van der Waals surface area contributed by atoms with Crippen LogP contribution in [0.4, 0.5) is 9.52 Å². The van der Waals surface area contributed by atoms with Crippen molar-refractivity contribution in [1.29, 1.82) is 0 Å². The lowest BCUT2D eigenvalue weighted by molar-refractivity contribution is -0.146. The summed E-state index contributed by atoms with van der Waals surface area (Å²) in [6, 6.07) is 7.35. The molecule has 2 aromatic carbocycles. The van der Waals surface area contributed by atoms with Crippen molar-refractivity contribution in [3.05, 3.63) is 69.7 Å². The number of nitrogens with zero attached hydrogens (tertiary/aromatic N) is 3. The lowest BCUT2D eigenvalue weighted by Crippen LogP contribution is -2.41. The van der Waals surface area contributed by atoms with Crippen LogP contribution in [-0.2, 0) is 43.7 Å². The van der Waals surface area contributed by atoms with Crippen LogP contribution >= 0.6 is 11.5 Å². The Morgan fingerprint density at radius 2 is 2.13 bits per heavy atom. The molecule has 39 heavy (non-hydrogen) atoms. The Kier molecular flexibility index (Phi) is 7.18. The highest BCUT2D eigenvalue weighted by Crippen LogP contribution is 2.28. The average Bonchev–Trinajstić information content (AvgIpc) is 3.49. The number of hydrogen-bond donors (Lipinski definition) is 2. The van der Waals surface area contributed by atoms with Gasteiger partial charge in [-0.25, -0.2) is 22.6 Å². The van der Waals surface area contributed by atoms with Gasteiger partial charge in [0.25, 0.3) is 15.9 Å². The summed E-state index contributed by atoms with van der Waals surface area (Å²) in [5.41, 5.74) is 2.75. The maximum absolute atomic E-state index is 15.1. The number of nitrogens with one attached hydrogen (secondary N) is 2. The zero-order valence-corrected chi connectivity index (χ0v) is 22.1. The fraction of sp³-hybridized carbons (Fsp3) is 0.292. The van der Waals surface area contributed by atoms with Gasteiger partial charge in [-0.1, -0.05) is 18.2 Å². The number of carbonyl (C=O) groups excluding carboxylic acids is 2. The van der Waals surface area contributed by atoms with Gasteiger partial charge in [-0.3, -0.25) is 18.9 Å². The fourth-order valence-corrected chi connectivity index (χ4v) is 6.29. The first-order valence-corrected chi connectivity index (χ1v) is 14.0. The van der Waals surface area contributed by atoms with Gasteiger partial charge >= 0.3 is 11.7 Å². The Balaban J connectivity index is 1.41. The third kappa shape index (κ3) is 5.68. The van der Waals surface area contributed by atoms with Crippen LogP contribution in [0.3, 0.4) is 0 Å². The number of aromatic nitrogens is 3. The van der Waals surface area contributed by atoms with E-state index in [0.29, 0.717) is 19.3 Å². The molecule has 1 unspecified atom stereocenters. The summed E-state index contributed by atoms with van der Waals surface area (Å²) in [5, 5.41) is 2.82. The van der Waals surface area contributed by atoms with E-state index >= 15 is 4.39 Å². The lowest BCUT2D eigenvalue weighted by Gasteiger charge is -2.27. The third-order valence-electron chi connectivity index (χ3n) is 6.28. The normalized spacial score (nSPS) is 15.1. The number of halogens is 1. The minimum Gasteiger partial charge on any atom is -0.456 e. The predicted molar refractivity (Wildman–Crippen MR) is 137 cm³/mol. The first-order chi connectivity index (χ1) is 18.6. The number of anilines is 1. The largest absolute Gasteiger partial charge is 0.456 e. The number of fused-ring (bicyclic) bond motifs is 2. The van der Waals surface area contributed by atoms with Crippen molar-refractivity contribution < 1.29 is 31.6 Å². The van der Waals surface area contributed by atoms with Crippen LogP contribution in [0, 0.1) is 5.82 Å². The van der Waals surface area contributed by atoms with Gasteiger partial charge in [0.1, 0.15) is 17.0 Å². The molecule has 0 saturated carbocycles. The van der Waals surface area contributed by atoms with Gasteiger partial charge in [0.05, 0.1) is 12.1 Å². The molecule has 15 heteroatoms. The smallest absolute Gasteiger partial charge is 0.420 e. The van der Waals surface area contributed by atoms with E-state index in [-0.39, 0.29) is 35.4 Å². The molecule has 2 N–H and O–H groups in total. The minimum absolute atomic E-state index is 0.0387. The number of sulfonamides is 1. The SMILES string of the molecule is CC(=O)OCC(=O)NC1CCc2cccc(Cn3c(=O)oc4cc(S(=O)(=O)Nc5ncns5)c(F)cc43)c2C1. The molecule has 2 aromatic heterocycles. The van der Waals surface area contributed by atoms with Crippen molar-refractivity contribution in [2.45, 2.75) is 43.7 Å². The second kappa shape index (κ2) is 10.6. The monoisotopic (exact) mass is 575 g/mol. The summed E-state index contributed by atoms with van der Waals surface area (Å²) in [4.78, 5) is 38.9. The number of carbonyl (C=O) groups is 2. The first-order valence-electron chi connectivity index (χ1n) is 11.8. The molecular formula is C24H22FN5O7S2. The van der Waals surface area contributed by atoms with Crippen LogP contribution in [0.15, 0.2) is 50.8 Å². The van der Waals surface area contributed by atoms with E-state index in [0.717, 1.165) is 46.7 Å². The Hall–Kier alpha value is -4.11. The summed E-state index contributed by atoms with van der Waals surface area (Å²) in [7, 11) is -4.36. The van der Waals surface area contributed by atoms with E-state index in [9.17, 15) is 22.8 Å². The molecule has 1 amide bonds. The maximum Gasteiger partial charge on any atom is 0.420 e. The van der Waals surface area contributed by atoms with Crippen molar-refractivity contribution in [2.75, 3.05) is 11.3 Å².